The average Bonchev–Trinajstić information content (AvgIpc) is 2.54. The molecule has 1 heterocycles. The maximum Gasteiger partial charge on any atom is 0.261 e. The molecular weight excluding hydrogens is 390 g/mol. The second-order valence-corrected chi connectivity index (χ2v) is 7.70. The predicted octanol–water partition coefficient (Wildman–Crippen LogP) is 2.75. The minimum Gasteiger partial charge on any atom is -0.492 e. The van der Waals surface area contributed by atoms with E-state index in [1.54, 1.807) is 12.1 Å². The number of carbonyl (C=O) groups is 1. The van der Waals surface area contributed by atoms with Crippen LogP contribution in [0.1, 0.15) is 24.2 Å². The Kier molecular flexibility index (Phi) is 7.01. The van der Waals surface area contributed by atoms with Gasteiger partial charge < -0.3 is 14.5 Å². The van der Waals surface area contributed by atoms with Crippen LogP contribution >= 0.6 is 28.1 Å². The molecule has 0 radical (unpaired) electrons. The number of rotatable bonds is 4. The number of hydrogen-bond acceptors (Lipinski definition) is 4. The zero-order valence-electron chi connectivity index (χ0n) is 14.3. The smallest absolute Gasteiger partial charge is 0.261 e. The van der Waals surface area contributed by atoms with Gasteiger partial charge in [0.15, 0.2) is 5.11 Å². The summed E-state index contributed by atoms with van der Waals surface area (Å²) in [4.78, 5) is 16.9. The molecule has 1 aliphatic rings. The molecule has 0 atom stereocenters. The van der Waals surface area contributed by atoms with E-state index < -0.39 is 0 Å². The molecule has 1 aromatic carbocycles. The number of hydrogen-bond donors (Lipinski definition) is 1. The summed E-state index contributed by atoms with van der Waals surface area (Å²) in [5, 5.41) is 3.31. The third kappa shape index (κ3) is 5.43. The van der Waals surface area contributed by atoms with Crippen LogP contribution in [0.4, 0.5) is 0 Å². The van der Waals surface area contributed by atoms with E-state index >= 15 is 0 Å². The minimum atomic E-state index is -0.237. The van der Waals surface area contributed by atoms with Gasteiger partial charge in [0.2, 0.25) is 0 Å². The lowest BCUT2D eigenvalue weighted by atomic mass is 10.2. The van der Waals surface area contributed by atoms with Gasteiger partial charge in [-0.25, -0.2) is 0 Å². The fraction of sp³-hybridized carbons (Fsp3) is 0.529. The molecule has 0 unspecified atom stereocenters. The molecule has 7 heteroatoms. The topological polar surface area (TPSA) is 44.8 Å². The van der Waals surface area contributed by atoms with Crippen molar-refractivity contribution >= 4 is 39.2 Å². The Balaban J connectivity index is 2.05. The molecular formula is C17H24BrN3O2S. The molecule has 24 heavy (non-hydrogen) atoms. The summed E-state index contributed by atoms with van der Waals surface area (Å²) in [5.41, 5.74) is 0.488. The van der Waals surface area contributed by atoms with Crippen LogP contribution in [0.5, 0.6) is 5.75 Å². The molecule has 2 rings (SSSR count). The number of amides is 1. The zero-order chi connectivity index (χ0) is 17.7. The second-order valence-electron chi connectivity index (χ2n) is 6.39. The minimum absolute atomic E-state index is 0.237. The van der Waals surface area contributed by atoms with Crippen LogP contribution in [-0.2, 0) is 0 Å². The first-order valence-electron chi connectivity index (χ1n) is 8.08. The SMILES string of the molecule is CC(C)COc1ccc(Br)cc1C(=O)NC(=S)N1CCN(C)CC1. The van der Waals surface area contributed by atoms with Crippen LogP contribution in [0, 0.1) is 5.92 Å². The van der Waals surface area contributed by atoms with Crippen molar-refractivity contribution in [3.8, 4) is 5.75 Å². The number of nitrogens with zero attached hydrogens (tertiary/aromatic N) is 2. The highest BCUT2D eigenvalue weighted by Gasteiger charge is 2.20. The van der Waals surface area contributed by atoms with Gasteiger partial charge in [-0.1, -0.05) is 29.8 Å². The molecule has 1 N–H and O–H groups in total. The van der Waals surface area contributed by atoms with Crippen LogP contribution in [0.15, 0.2) is 22.7 Å². The van der Waals surface area contributed by atoms with Crippen molar-refractivity contribution < 1.29 is 9.53 Å². The van der Waals surface area contributed by atoms with Gasteiger partial charge in [0.05, 0.1) is 12.2 Å². The van der Waals surface area contributed by atoms with E-state index in [1.165, 1.54) is 0 Å². The summed E-state index contributed by atoms with van der Waals surface area (Å²) < 4.78 is 6.60. The van der Waals surface area contributed by atoms with Crippen molar-refractivity contribution in [2.24, 2.45) is 5.92 Å². The van der Waals surface area contributed by atoms with Gasteiger partial charge in [-0.05, 0) is 43.4 Å². The molecule has 5 nitrogen and oxygen atoms in total. The van der Waals surface area contributed by atoms with E-state index in [0.29, 0.717) is 29.0 Å². The van der Waals surface area contributed by atoms with Crippen molar-refractivity contribution in [2.45, 2.75) is 13.8 Å². The van der Waals surface area contributed by atoms with Gasteiger partial charge in [0.25, 0.3) is 5.91 Å². The average molecular weight is 414 g/mol. The fourth-order valence-electron chi connectivity index (χ4n) is 2.32. The number of halogens is 1. The van der Waals surface area contributed by atoms with Gasteiger partial charge in [-0.3, -0.25) is 10.1 Å². The monoisotopic (exact) mass is 413 g/mol. The Morgan fingerprint density at radius 2 is 2.00 bits per heavy atom. The van der Waals surface area contributed by atoms with Crippen molar-refractivity contribution in [3.63, 3.8) is 0 Å². The molecule has 0 aromatic heterocycles. The first-order valence-corrected chi connectivity index (χ1v) is 9.28. The molecule has 0 bridgehead atoms. The Morgan fingerprint density at radius 1 is 1.33 bits per heavy atom. The summed E-state index contributed by atoms with van der Waals surface area (Å²) in [6.07, 6.45) is 0. The van der Waals surface area contributed by atoms with Crippen LogP contribution < -0.4 is 10.1 Å². The number of likely N-dealkylation sites (N-methyl/N-ethyl adjacent to an activating group) is 1. The highest BCUT2D eigenvalue weighted by Crippen LogP contribution is 2.24. The quantitative estimate of drug-likeness (QED) is 0.768. The van der Waals surface area contributed by atoms with Crippen LogP contribution in [0.2, 0.25) is 0 Å². The molecule has 132 valence electrons. The highest BCUT2D eigenvalue weighted by molar-refractivity contribution is 9.10. The van der Waals surface area contributed by atoms with E-state index in [-0.39, 0.29) is 5.91 Å². The Morgan fingerprint density at radius 3 is 2.62 bits per heavy atom. The van der Waals surface area contributed by atoms with E-state index in [9.17, 15) is 4.79 Å². The van der Waals surface area contributed by atoms with Crippen LogP contribution in [0.3, 0.4) is 0 Å². The van der Waals surface area contributed by atoms with Crippen molar-refractivity contribution in [2.75, 3.05) is 39.8 Å². The summed E-state index contributed by atoms with van der Waals surface area (Å²) in [7, 11) is 2.08. The van der Waals surface area contributed by atoms with E-state index in [4.69, 9.17) is 17.0 Å². The standard InChI is InChI=1S/C17H24BrN3O2S/c1-12(2)11-23-15-5-4-13(18)10-14(15)16(22)19-17(24)21-8-6-20(3)7-9-21/h4-5,10,12H,6-9,11H2,1-3H3,(H,19,22,24). The molecule has 1 amide bonds. The van der Waals surface area contributed by atoms with Gasteiger partial charge in [-0.15, -0.1) is 0 Å². The molecule has 1 aromatic rings. The third-order valence-corrected chi connectivity index (χ3v) is 4.62. The van der Waals surface area contributed by atoms with E-state index in [1.807, 2.05) is 11.0 Å². The Hall–Kier alpha value is -1.18. The van der Waals surface area contributed by atoms with E-state index in [0.717, 1.165) is 30.7 Å². The maximum absolute atomic E-state index is 12.6. The normalized spacial score (nSPS) is 15.5. The largest absolute Gasteiger partial charge is 0.492 e. The predicted molar refractivity (Wildman–Crippen MR) is 104 cm³/mol. The van der Waals surface area contributed by atoms with Gasteiger partial charge in [0, 0.05) is 30.7 Å². The van der Waals surface area contributed by atoms with Gasteiger partial charge in [-0.2, -0.15) is 0 Å². The molecule has 1 saturated heterocycles. The van der Waals surface area contributed by atoms with Crippen LogP contribution in [0.25, 0.3) is 0 Å². The van der Waals surface area contributed by atoms with Crippen LogP contribution in [-0.4, -0.2) is 60.7 Å². The second kappa shape index (κ2) is 8.78. The summed E-state index contributed by atoms with van der Waals surface area (Å²) in [5.74, 6) is 0.723. The first kappa shape index (κ1) is 19.1. The fourth-order valence-corrected chi connectivity index (χ4v) is 2.95. The molecule has 0 spiro atoms. The Labute approximate surface area is 157 Å². The zero-order valence-corrected chi connectivity index (χ0v) is 16.7. The van der Waals surface area contributed by atoms with Crippen molar-refractivity contribution in [1.29, 1.82) is 0 Å². The lowest BCUT2D eigenvalue weighted by Crippen LogP contribution is -2.51. The number of carbonyl (C=O) groups excluding carboxylic acids is 1. The molecule has 1 fully saturated rings. The Bertz CT molecular complexity index is 601. The lowest BCUT2D eigenvalue weighted by Gasteiger charge is -2.34. The molecule has 0 saturated carbocycles. The number of piperazine rings is 1. The number of nitrogens with one attached hydrogen (secondary N) is 1. The van der Waals surface area contributed by atoms with Gasteiger partial charge in [0.1, 0.15) is 5.75 Å². The van der Waals surface area contributed by atoms with Crippen molar-refractivity contribution in [3.05, 3.63) is 28.2 Å². The van der Waals surface area contributed by atoms with Crippen molar-refractivity contribution in [1.82, 2.24) is 15.1 Å². The first-order chi connectivity index (χ1) is 11.4. The number of ether oxygens (including phenoxy) is 1. The van der Waals surface area contributed by atoms with Gasteiger partial charge >= 0.3 is 0 Å². The summed E-state index contributed by atoms with van der Waals surface area (Å²) in [6, 6.07) is 5.43. The number of thiocarbonyl (C=S) groups is 1. The summed E-state index contributed by atoms with van der Waals surface area (Å²) >= 11 is 8.80. The summed E-state index contributed by atoms with van der Waals surface area (Å²) in [6.45, 7) is 8.23. The molecule has 0 aliphatic carbocycles. The van der Waals surface area contributed by atoms with E-state index in [2.05, 4.69) is 47.0 Å². The third-order valence-electron chi connectivity index (χ3n) is 3.77. The maximum atomic E-state index is 12.6. The lowest BCUT2D eigenvalue weighted by molar-refractivity contribution is 0.0966. The number of benzene rings is 1. The molecule has 1 aliphatic heterocycles. The highest BCUT2D eigenvalue weighted by atomic mass is 79.9.